The second kappa shape index (κ2) is 8.06. The van der Waals surface area contributed by atoms with Gasteiger partial charge in [-0.15, -0.1) is 0 Å². The minimum Gasteiger partial charge on any atom is -0.298 e. The Balaban J connectivity index is 1.67. The van der Waals surface area contributed by atoms with E-state index < -0.39 is 10.0 Å². The van der Waals surface area contributed by atoms with Gasteiger partial charge in [0.1, 0.15) is 0 Å². The molecule has 0 unspecified atom stereocenters. The zero-order valence-electron chi connectivity index (χ0n) is 13.7. The molecule has 0 N–H and O–H groups in total. The highest BCUT2D eigenvalue weighted by Gasteiger charge is 2.27. The van der Waals surface area contributed by atoms with Crippen LogP contribution >= 0.6 is 23.2 Å². The number of nitrogens with zero attached hydrogens (tertiary/aromatic N) is 2. The van der Waals surface area contributed by atoms with E-state index in [-0.39, 0.29) is 4.90 Å². The quantitative estimate of drug-likeness (QED) is 0.783. The first-order valence-corrected chi connectivity index (χ1v) is 10.4. The predicted molar refractivity (Wildman–Crippen MR) is 102 cm³/mol. The molecule has 4 nitrogen and oxygen atoms in total. The van der Waals surface area contributed by atoms with Crippen LogP contribution in [0, 0.1) is 0 Å². The van der Waals surface area contributed by atoms with Crippen molar-refractivity contribution in [3.8, 4) is 0 Å². The van der Waals surface area contributed by atoms with E-state index in [1.165, 1.54) is 11.6 Å². The summed E-state index contributed by atoms with van der Waals surface area (Å²) in [5.74, 6) is 0. The van der Waals surface area contributed by atoms with Crippen molar-refractivity contribution in [3.63, 3.8) is 0 Å². The summed E-state index contributed by atoms with van der Waals surface area (Å²) < 4.78 is 27.2. The lowest BCUT2D eigenvalue weighted by atomic mass is 10.2. The van der Waals surface area contributed by atoms with Crippen molar-refractivity contribution in [3.05, 3.63) is 64.1 Å². The molecule has 0 aliphatic carbocycles. The van der Waals surface area contributed by atoms with E-state index in [0.29, 0.717) is 24.7 Å². The van der Waals surface area contributed by atoms with E-state index in [2.05, 4.69) is 4.90 Å². The van der Waals surface area contributed by atoms with Gasteiger partial charge in [0.2, 0.25) is 10.0 Å². The van der Waals surface area contributed by atoms with Crippen LogP contribution in [-0.4, -0.2) is 43.8 Å². The Kier molecular flexibility index (Phi) is 6.02. The van der Waals surface area contributed by atoms with Gasteiger partial charge in [-0.1, -0.05) is 41.4 Å². The minimum atomic E-state index is -3.50. The summed E-state index contributed by atoms with van der Waals surface area (Å²) in [7, 11) is -3.50. The minimum absolute atomic E-state index is 0.256. The van der Waals surface area contributed by atoms with Crippen molar-refractivity contribution in [2.75, 3.05) is 26.2 Å². The van der Waals surface area contributed by atoms with Crippen LogP contribution < -0.4 is 0 Å². The average Bonchev–Trinajstić information content (AvgIpc) is 2.83. The van der Waals surface area contributed by atoms with Crippen molar-refractivity contribution in [1.29, 1.82) is 0 Å². The molecule has 0 saturated carbocycles. The summed E-state index contributed by atoms with van der Waals surface area (Å²) in [6.07, 6.45) is 0.799. The lowest BCUT2D eigenvalue weighted by Gasteiger charge is -2.22. The van der Waals surface area contributed by atoms with Crippen LogP contribution in [0.4, 0.5) is 0 Å². The Labute approximate surface area is 159 Å². The molecule has 134 valence electrons. The molecular formula is C18H20Cl2N2O2S. The molecule has 2 aromatic rings. The van der Waals surface area contributed by atoms with Gasteiger partial charge in [-0.25, -0.2) is 8.42 Å². The Bertz CT molecular complexity index is 825. The number of halogens is 2. The molecule has 0 spiro atoms. The maximum Gasteiger partial charge on any atom is 0.243 e. The first kappa shape index (κ1) is 18.7. The Morgan fingerprint density at radius 1 is 0.880 bits per heavy atom. The molecule has 3 rings (SSSR count). The fourth-order valence-corrected chi connectivity index (χ4v) is 4.87. The molecule has 0 amide bonds. The number of sulfonamides is 1. The third kappa shape index (κ3) is 4.74. The zero-order chi connectivity index (χ0) is 17.9. The topological polar surface area (TPSA) is 40.6 Å². The lowest BCUT2D eigenvalue weighted by Crippen LogP contribution is -2.35. The molecule has 2 aromatic carbocycles. The Morgan fingerprint density at radius 3 is 2.36 bits per heavy atom. The van der Waals surface area contributed by atoms with Gasteiger partial charge in [-0.2, -0.15) is 4.31 Å². The van der Waals surface area contributed by atoms with Crippen molar-refractivity contribution >= 4 is 33.2 Å². The second-order valence-corrected chi connectivity index (χ2v) is 8.93. The first-order chi connectivity index (χ1) is 11.9. The van der Waals surface area contributed by atoms with Gasteiger partial charge in [0.05, 0.1) is 4.90 Å². The first-order valence-electron chi connectivity index (χ1n) is 8.18. The highest BCUT2D eigenvalue weighted by atomic mass is 35.5. The van der Waals surface area contributed by atoms with Gasteiger partial charge in [-0.3, -0.25) is 4.90 Å². The average molecular weight is 399 g/mol. The molecule has 1 aliphatic heterocycles. The summed E-state index contributed by atoms with van der Waals surface area (Å²) >= 11 is 11.9. The molecule has 7 heteroatoms. The summed E-state index contributed by atoms with van der Waals surface area (Å²) in [6.45, 7) is 3.35. The highest BCUT2D eigenvalue weighted by Crippen LogP contribution is 2.21. The summed E-state index contributed by atoms with van der Waals surface area (Å²) in [5.41, 5.74) is 1.18. The fourth-order valence-electron chi connectivity index (χ4n) is 2.97. The largest absolute Gasteiger partial charge is 0.298 e. The molecule has 0 bridgehead atoms. The van der Waals surface area contributed by atoms with Crippen LogP contribution in [0.25, 0.3) is 0 Å². The number of benzene rings is 2. The molecule has 1 saturated heterocycles. The maximum absolute atomic E-state index is 12.8. The van der Waals surface area contributed by atoms with Crippen molar-refractivity contribution in [1.82, 2.24) is 9.21 Å². The van der Waals surface area contributed by atoms with Crippen molar-refractivity contribution in [2.24, 2.45) is 0 Å². The number of rotatable bonds is 4. The second-order valence-electron chi connectivity index (χ2n) is 6.12. The van der Waals surface area contributed by atoms with E-state index >= 15 is 0 Å². The van der Waals surface area contributed by atoms with Crippen LogP contribution in [0.5, 0.6) is 0 Å². The maximum atomic E-state index is 12.8. The monoisotopic (exact) mass is 398 g/mol. The molecule has 1 aliphatic rings. The smallest absolute Gasteiger partial charge is 0.243 e. The normalized spacial score (nSPS) is 17.4. The van der Waals surface area contributed by atoms with E-state index in [0.717, 1.165) is 24.5 Å². The predicted octanol–water partition coefficient (Wildman–Crippen LogP) is 3.89. The van der Waals surface area contributed by atoms with Crippen LogP contribution in [0.15, 0.2) is 53.4 Å². The molecule has 0 atom stereocenters. The molecule has 1 heterocycles. The van der Waals surface area contributed by atoms with E-state index in [4.69, 9.17) is 23.2 Å². The summed E-state index contributed by atoms with van der Waals surface area (Å²) in [5, 5.41) is 1.15. The van der Waals surface area contributed by atoms with E-state index in [9.17, 15) is 8.42 Å². The number of hydrogen-bond acceptors (Lipinski definition) is 3. The van der Waals surface area contributed by atoms with Gasteiger partial charge < -0.3 is 0 Å². The fraction of sp³-hybridized carbons (Fsp3) is 0.333. The standard InChI is InChI=1S/C18H20Cl2N2O2S/c19-16-7-5-15(6-8-16)14-21-9-2-10-22(12-11-21)25(23,24)18-4-1-3-17(20)13-18/h1,3-8,13H,2,9-12,14H2. The van der Waals surface area contributed by atoms with Gasteiger partial charge in [0.15, 0.2) is 0 Å². The molecule has 0 radical (unpaired) electrons. The Hall–Kier alpha value is -1.11. The summed E-state index contributed by atoms with van der Waals surface area (Å²) in [6, 6.07) is 14.2. The van der Waals surface area contributed by atoms with Crippen molar-refractivity contribution in [2.45, 2.75) is 17.9 Å². The summed E-state index contributed by atoms with van der Waals surface area (Å²) in [4.78, 5) is 2.53. The third-order valence-electron chi connectivity index (χ3n) is 4.30. The zero-order valence-corrected chi connectivity index (χ0v) is 16.1. The van der Waals surface area contributed by atoms with Gasteiger partial charge in [0, 0.05) is 36.2 Å². The van der Waals surface area contributed by atoms with Gasteiger partial charge in [0.25, 0.3) is 0 Å². The third-order valence-corrected chi connectivity index (χ3v) is 6.68. The van der Waals surface area contributed by atoms with Crippen molar-refractivity contribution < 1.29 is 8.42 Å². The van der Waals surface area contributed by atoms with Gasteiger partial charge in [-0.05, 0) is 48.9 Å². The molecule has 0 aromatic heterocycles. The van der Waals surface area contributed by atoms with Crippen LogP contribution in [-0.2, 0) is 16.6 Å². The number of hydrogen-bond donors (Lipinski definition) is 0. The van der Waals surface area contributed by atoms with Gasteiger partial charge >= 0.3 is 0 Å². The van der Waals surface area contributed by atoms with Crippen LogP contribution in [0.1, 0.15) is 12.0 Å². The lowest BCUT2D eigenvalue weighted by molar-refractivity contribution is 0.278. The van der Waals surface area contributed by atoms with Crippen LogP contribution in [0.3, 0.4) is 0 Å². The highest BCUT2D eigenvalue weighted by molar-refractivity contribution is 7.89. The molecule has 1 fully saturated rings. The molecule has 25 heavy (non-hydrogen) atoms. The molecular weight excluding hydrogens is 379 g/mol. The van der Waals surface area contributed by atoms with E-state index in [1.807, 2.05) is 24.3 Å². The van der Waals surface area contributed by atoms with Crippen LogP contribution in [0.2, 0.25) is 10.0 Å². The SMILES string of the molecule is O=S(=O)(c1cccc(Cl)c1)N1CCCN(Cc2ccc(Cl)cc2)CC1. The van der Waals surface area contributed by atoms with E-state index in [1.54, 1.807) is 22.5 Å². The Morgan fingerprint density at radius 2 is 1.64 bits per heavy atom.